The Bertz CT molecular complexity index is 1220. The van der Waals surface area contributed by atoms with Crippen molar-refractivity contribution in [2.24, 2.45) is 23.2 Å². The van der Waals surface area contributed by atoms with Crippen LogP contribution in [0.3, 0.4) is 0 Å². The molecule has 1 heterocycles. The average Bonchev–Trinajstić information content (AvgIpc) is 3.16. The fraction of sp³-hybridized carbons (Fsp3) is 0.467. The second kappa shape index (κ2) is 8.58. The minimum absolute atomic E-state index is 0.0111. The number of hydrogen-bond acceptors (Lipinski definition) is 4. The number of nitriles is 1. The third-order valence-electron chi connectivity index (χ3n) is 8.98. The monoisotopic (exact) mass is 481 g/mol. The predicted octanol–water partition coefficient (Wildman–Crippen LogP) is 4.74. The molecule has 4 aliphatic carbocycles. The van der Waals surface area contributed by atoms with E-state index in [1.165, 1.54) is 24.2 Å². The van der Waals surface area contributed by atoms with E-state index in [1.807, 2.05) is 31.2 Å². The number of rotatable bonds is 5. The molecule has 6 nitrogen and oxygen atoms in total. The normalized spacial score (nSPS) is 30.5. The van der Waals surface area contributed by atoms with Crippen LogP contribution in [0, 0.1) is 41.4 Å². The lowest BCUT2D eigenvalue weighted by Gasteiger charge is -2.57. The molecule has 184 valence electrons. The standard InChI is InChI=1S/C30H31N3O3/c1-19-2-4-21(5-3-19)18-32(29(36)30-14-22-10-23(15-30)12-24(11-22)16-30)26-13-27(34)33(28(26)35)25-8-6-20(17-31)7-9-25/h2-9,22-24,26H,10-16,18H2,1H3. The van der Waals surface area contributed by atoms with Crippen LogP contribution in [0.25, 0.3) is 0 Å². The Kier molecular flexibility index (Phi) is 5.48. The maximum atomic E-state index is 14.4. The van der Waals surface area contributed by atoms with Crippen molar-refractivity contribution in [1.82, 2.24) is 4.90 Å². The Morgan fingerprint density at radius 2 is 1.56 bits per heavy atom. The highest BCUT2D eigenvalue weighted by Crippen LogP contribution is 2.60. The number of anilines is 1. The summed E-state index contributed by atoms with van der Waals surface area (Å²) in [7, 11) is 0. The van der Waals surface area contributed by atoms with Crippen molar-refractivity contribution in [1.29, 1.82) is 5.26 Å². The Morgan fingerprint density at radius 1 is 0.972 bits per heavy atom. The molecule has 1 atom stereocenters. The van der Waals surface area contributed by atoms with Gasteiger partial charge >= 0.3 is 0 Å². The van der Waals surface area contributed by atoms with Crippen molar-refractivity contribution in [2.45, 2.75) is 64.5 Å². The molecule has 7 rings (SSSR count). The molecular formula is C30H31N3O3. The lowest BCUT2D eigenvalue weighted by atomic mass is 9.49. The Hall–Kier alpha value is -3.46. The molecule has 0 radical (unpaired) electrons. The molecular weight excluding hydrogens is 450 g/mol. The molecule has 0 N–H and O–H groups in total. The van der Waals surface area contributed by atoms with Crippen LogP contribution in [0.2, 0.25) is 0 Å². The summed E-state index contributed by atoms with van der Waals surface area (Å²) in [6.45, 7) is 2.35. The Balaban J connectivity index is 1.34. The van der Waals surface area contributed by atoms with Crippen molar-refractivity contribution in [3.8, 4) is 6.07 Å². The minimum atomic E-state index is -0.810. The second-order valence-corrected chi connectivity index (χ2v) is 11.6. The molecule has 36 heavy (non-hydrogen) atoms. The highest BCUT2D eigenvalue weighted by molar-refractivity contribution is 6.23. The third kappa shape index (κ3) is 3.82. The molecule has 2 aromatic rings. The van der Waals surface area contributed by atoms with Crippen LogP contribution in [0.4, 0.5) is 5.69 Å². The fourth-order valence-electron chi connectivity index (χ4n) is 7.71. The van der Waals surface area contributed by atoms with Crippen LogP contribution in [0.1, 0.15) is 61.6 Å². The quantitative estimate of drug-likeness (QED) is 0.578. The van der Waals surface area contributed by atoms with Gasteiger partial charge in [-0.05, 0) is 93.0 Å². The summed E-state index contributed by atoms with van der Waals surface area (Å²) in [6.07, 6.45) is 6.43. The molecule has 6 heteroatoms. The van der Waals surface area contributed by atoms with Gasteiger partial charge in [-0.1, -0.05) is 29.8 Å². The Labute approximate surface area is 211 Å². The molecule has 4 bridgehead atoms. The molecule has 1 unspecified atom stereocenters. The number of aryl methyl sites for hydroxylation is 1. The van der Waals surface area contributed by atoms with Gasteiger partial charge in [0.05, 0.1) is 29.2 Å². The average molecular weight is 482 g/mol. The maximum absolute atomic E-state index is 14.4. The van der Waals surface area contributed by atoms with Crippen molar-refractivity contribution in [3.05, 3.63) is 65.2 Å². The van der Waals surface area contributed by atoms with Crippen LogP contribution in [-0.4, -0.2) is 28.7 Å². The first-order valence-electron chi connectivity index (χ1n) is 13.1. The zero-order chi connectivity index (χ0) is 25.0. The van der Waals surface area contributed by atoms with Crippen molar-refractivity contribution >= 4 is 23.4 Å². The highest BCUT2D eigenvalue weighted by atomic mass is 16.2. The van der Waals surface area contributed by atoms with Gasteiger partial charge in [-0.25, -0.2) is 4.90 Å². The number of benzene rings is 2. The van der Waals surface area contributed by atoms with Gasteiger partial charge in [-0.2, -0.15) is 5.26 Å². The van der Waals surface area contributed by atoms with Gasteiger partial charge in [0.25, 0.3) is 5.91 Å². The first kappa shape index (κ1) is 23.0. The highest BCUT2D eigenvalue weighted by Gasteiger charge is 2.57. The number of imide groups is 1. The number of carbonyl (C=O) groups excluding carboxylic acids is 3. The van der Waals surface area contributed by atoms with Gasteiger partial charge in [-0.15, -0.1) is 0 Å². The van der Waals surface area contributed by atoms with Crippen LogP contribution in [-0.2, 0) is 20.9 Å². The topological polar surface area (TPSA) is 81.5 Å². The van der Waals surface area contributed by atoms with Crippen LogP contribution in [0.15, 0.2) is 48.5 Å². The van der Waals surface area contributed by atoms with Crippen LogP contribution >= 0.6 is 0 Å². The molecule has 5 fully saturated rings. The van der Waals surface area contributed by atoms with E-state index in [4.69, 9.17) is 5.26 Å². The molecule has 1 aliphatic heterocycles. The molecule has 3 amide bonds. The summed E-state index contributed by atoms with van der Waals surface area (Å²) in [5, 5.41) is 9.11. The van der Waals surface area contributed by atoms with E-state index in [0.717, 1.165) is 30.4 Å². The van der Waals surface area contributed by atoms with Crippen LogP contribution < -0.4 is 4.90 Å². The summed E-state index contributed by atoms with van der Waals surface area (Å²) in [4.78, 5) is 44.2. The predicted molar refractivity (Wildman–Crippen MR) is 134 cm³/mol. The number of carbonyl (C=O) groups is 3. The summed E-state index contributed by atoms with van der Waals surface area (Å²) in [6, 6.07) is 15.8. The number of nitrogens with zero attached hydrogens (tertiary/aromatic N) is 3. The van der Waals surface area contributed by atoms with Crippen molar-refractivity contribution in [3.63, 3.8) is 0 Å². The van der Waals surface area contributed by atoms with E-state index in [0.29, 0.717) is 35.5 Å². The zero-order valence-corrected chi connectivity index (χ0v) is 20.7. The smallest absolute Gasteiger partial charge is 0.257 e. The van der Waals surface area contributed by atoms with Crippen LogP contribution in [0.5, 0.6) is 0 Å². The molecule has 0 aromatic heterocycles. The van der Waals surface area contributed by atoms with Gasteiger partial charge in [0.1, 0.15) is 6.04 Å². The summed E-state index contributed by atoms with van der Waals surface area (Å²) in [5.74, 6) is 1.24. The lowest BCUT2D eigenvalue weighted by Crippen LogP contribution is -2.57. The molecule has 0 spiro atoms. The fourth-order valence-corrected chi connectivity index (χ4v) is 7.71. The summed E-state index contributed by atoms with van der Waals surface area (Å²) in [5.41, 5.74) is 2.62. The second-order valence-electron chi connectivity index (χ2n) is 11.6. The molecule has 2 aromatic carbocycles. The third-order valence-corrected chi connectivity index (χ3v) is 8.98. The molecule has 5 aliphatic rings. The largest absolute Gasteiger partial charge is 0.325 e. The number of amides is 3. The minimum Gasteiger partial charge on any atom is -0.325 e. The molecule has 4 saturated carbocycles. The van der Waals surface area contributed by atoms with E-state index in [9.17, 15) is 14.4 Å². The van der Waals surface area contributed by atoms with Crippen molar-refractivity contribution in [2.75, 3.05) is 4.90 Å². The van der Waals surface area contributed by atoms with Gasteiger partial charge < -0.3 is 4.90 Å². The van der Waals surface area contributed by atoms with E-state index in [-0.39, 0.29) is 24.1 Å². The van der Waals surface area contributed by atoms with Gasteiger partial charge in [0.15, 0.2) is 0 Å². The van der Waals surface area contributed by atoms with Gasteiger partial charge in [-0.3, -0.25) is 14.4 Å². The van der Waals surface area contributed by atoms with Crippen molar-refractivity contribution < 1.29 is 14.4 Å². The summed E-state index contributed by atoms with van der Waals surface area (Å²) >= 11 is 0. The van der Waals surface area contributed by atoms with E-state index >= 15 is 0 Å². The van der Waals surface area contributed by atoms with Gasteiger partial charge in [0, 0.05) is 6.54 Å². The maximum Gasteiger partial charge on any atom is 0.257 e. The lowest BCUT2D eigenvalue weighted by molar-refractivity contribution is -0.162. The van der Waals surface area contributed by atoms with E-state index in [1.54, 1.807) is 29.2 Å². The SMILES string of the molecule is Cc1ccc(CN(C(=O)C23CC4CC(CC(C4)C2)C3)C2CC(=O)N(c3ccc(C#N)cc3)C2=O)cc1. The van der Waals surface area contributed by atoms with E-state index < -0.39 is 11.5 Å². The molecule has 1 saturated heterocycles. The summed E-state index contributed by atoms with van der Waals surface area (Å²) < 4.78 is 0. The first-order valence-corrected chi connectivity index (χ1v) is 13.1. The van der Waals surface area contributed by atoms with E-state index in [2.05, 4.69) is 6.07 Å². The zero-order valence-electron chi connectivity index (χ0n) is 20.7. The Morgan fingerprint density at radius 3 is 2.11 bits per heavy atom. The first-order chi connectivity index (χ1) is 17.3. The number of hydrogen-bond donors (Lipinski definition) is 0. The van der Waals surface area contributed by atoms with Gasteiger partial charge in [0.2, 0.25) is 11.8 Å².